The summed E-state index contributed by atoms with van der Waals surface area (Å²) in [4.78, 5) is 8.71. The van der Waals surface area contributed by atoms with Crippen molar-refractivity contribution in [2.45, 2.75) is 19.6 Å². The van der Waals surface area contributed by atoms with Crippen molar-refractivity contribution in [3.8, 4) is 0 Å². The number of benzene rings is 1. The van der Waals surface area contributed by atoms with E-state index in [4.69, 9.17) is 0 Å². The second-order valence-corrected chi connectivity index (χ2v) is 6.55. The van der Waals surface area contributed by atoms with Crippen LogP contribution in [0.25, 0.3) is 0 Å². The molecule has 28 heavy (non-hydrogen) atoms. The number of aromatic nitrogens is 3. The van der Waals surface area contributed by atoms with Crippen LogP contribution in [0.5, 0.6) is 0 Å². The molecule has 2 aromatic rings. The van der Waals surface area contributed by atoms with Crippen LogP contribution in [0.1, 0.15) is 18.3 Å². The highest BCUT2D eigenvalue weighted by Gasteiger charge is 2.31. The first-order valence-corrected chi connectivity index (χ1v) is 9.17. The van der Waals surface area contributed by atoms with Crippen molar-refractivity contribution < 1.29 is 13.2 Å². The Balaban J connectivity index is 1.65. The van der Waals surface area contributed by atoms with Gasteiger partial charge in [0, 0.05) is 45.5 Å². The molecule has 1 aromatic heterocycles. The monoisotopic (exact) mass is 395 g/mol. The van der Waals surface area contributed by atoms with Gasteiger partial charge in [-0.25, -0.2) is 4.99 Å². The maximum absolute atomic E-state index is 13.0. The van der Waals surface area contributed by atoms with E-state index >= 15 is 0 Å². The zero-order valence-corrected chi connectivity index (χ0v) is 15.9. The first-order valence-electron chi connectivity index (χ1n) is 9.17. The molecule has 0 aliphatic carbocycles. The molecule has 0 radical (unpaired) electrons. The van der Waals surface area contributed by atoms with Gasteiger partial charge >= 0.3 is 6.18 Å². The first kappa shape index (κ1) is 20.0. The van der Waals surface area contributed by atoms with Crippen molar-refractivity contribution in [3.05, 3.63) is 42.0 Å². The molecule has 1 aliphatic rings. The van der Waals surface area contributed by atoms with Crippen LogP contribution in [-0.4, -0.2) is 58.3 Å². The molecule has 1 saturated heterocycles. The lowest BCUT2D eigenvalue weighted by molar-refractivity contribution is -0.137. The second kappa shape index (κ2) is 8.49. The third-order valence-corrected chi connectivity index (χ3v) is 4.63. The summed E-state index contributed by atoms with van der Waals surface area (Å²) < 4.78 is 40.7. The summed E-state index contributed by atoms with van der Waals surface area (Å²) in [5.74, 6) is 1.53. The molecule has 0 atom stereocenters. The van der Waals surface area contributed by atoms with Crippen molar-refractivity contribution in [1.29, 1.82) is 0 Å². The number of aryl methyl sites for hydroxylation is 1. The summed E-state index contributed by atoms with van der Waals surface area (Å²) in [7, 11) is 1.87. The van der Waals surface area contributed by atoms with E-state index in [-0.39, 0.29) is 0 Å². The molecule has 0 bridgehead atoms. The van der Waals surface area contributed by atoms with E-state index in [2.05, 4.69) is 25.4 Å². The molecule has 2 heterocycles. The van der Waals surface area contributed by atoms with Crippen LogP contribution in [0.3, 0.4) is 0 Å². The van der Waals surface area contributed by atoms with E-state index in [1.54, 1.807) is 12.4 Å². The Labute approximate surface area is 161 Å². The summed E-state index contributed by atoms with van der Waals surface area (Å²) in [6.07, 6.45) is -2.70. The fourth-order valence-electron chi connectivity index (χ4n) is 3.08. The number of guanidine groups is 1. The lowest BCUT2D eigenvalue weighted by Crippen LogP contribution is -2.52. The van der Waals surface area contributed by atoms with E-state index in [1.807, 2.05) is 23.4 Å². The first-order chi connectivity index (χ1) is 13.4. The number of anilines is 1. The van der Waals surface area contributed by atoms with Crippen molar-refractivity contribution in [1.82, 2.24) is 25.0 Å². The van der Waals surface area contributed by atoms with Gasteiger partial charge < -0.3 is 19.7 Å². The lowest BCUT2D eigenvalue weighted by Gasteiger charge is -2.37. The van der Waals surface area contributed by atoms with Crippen molar-refractivity contribution in [3.63, 3.8) is 0 Å². The van der Waals surface area contributed by atoms with Crippen LogP contribution in [0.4, 0.5) is 18.9 Å². The van der Waals surface area contributed by atoms with E-state index in [0.717, 1.165) is 24.4 Å². The van der Waals surface area contributed by atoms with E-state index in [9.17, 15) is 13.2 Å². The Morgan fingerprint density at radius 2 is 1.96 bits per heavy atom. The molecule has 0 unspecified atom stereocenters. The molecule has 10 heteroatoms. The number of halogens is 3. The van der Waals surface area contributed by atoms with Gasteiger partial charge in [0.1, 0.15) is 12.9 Å². The third kappa shape index (κ3) is 4.73. The number of nitrogens with one attached hydrogen (secondary N) is 1. The predicted octanol–water partition coefficient (Wildman–Crippen LogP) is 2.12. The van der Waals surface area contributed by atoms with Gasteiger partial charge in [0.15, 0.2) is 11.8 Å². The van der Waals surface area contributed by atoms with Crippen LogP contribution in [0.2, 0.25) is 0 Å². The SMILES string of the molecule is CCNC(=NCc1nncn1C)N1CCN(c2cccc(C(F)(F)F)c2)CC1. The molecule has 1 aliphatic heterocycles. The molecule has 3 rings (SSSR count). The standard InChI is InChI=1S/C18H24F3N7/c1-3-22-17(23-12-16-25-24-13-26(16)2)28-9-7-27(8-10-28)15-6-4-5-14(11-15)18(19,20)21/h4-6,11,13H,3,7-10,12H2,1-2H3,(H,22,23). The van der Waals surface area contributed by atoms with Crippen molar-refractivity contribution in [2.24, 2.45) is 12.0 Å². The molecule has 0 amide bonds. The molecular formula is C18H24F3N7. The van der Waals surface area contributed by atoms with Crippen LogP contribution < -0.4 is 10.2 Å². The zero-order valence-electron chi connectivity index (χ0n) is 15.9. The highest BCUT2D eigenvalue weighted by atomic mass is 19.4. The van der Waals surface area contributed by atoms with Gasteiger partial charge in [-0.15, -0.1) is 10.2 Å². The van der Waals surface area contributed by atoms with Crippen LogP contribution in [0, 0.1) is 0 Å². The van der Waals surface area contributed by atoms with Gasteiger partial charge in [-0.2, -0.15) is 13.2 Å². The maximum Gasteiger partial charge on any atom is 0.416 e. The molecule has 0 spiro atoms. The number of piperazine rings is 1. The normalized spacial score (nSPS) is 15.8. The van der Waals surface area contributed by atoms with Crippen molar-refractivity contribution >= 4 is 11.6 Å². The molecule has 1 N–H and O–H groups in total. The average Bonchev–Trinajstić information content (AvgIpc) is 3.09. The minimum atomic E-state index is -4.33. The highest BCUT2D eigenvalue weighted by molar-refractivity contribution is 5.80. The molecular weight excluding hydrogens is 371 g/mol. The molecule has 1 fully saturated rings. The molecule has 1 aromatic carbocycles. The van der Waals surface area contributed by atoms with Crippen LogP contribution in [0.15, 0.2) is 35.6 Å². The van der Waals surface area contributed by atoms with Gasteiger partial charge in [-0.3, -0.25) is 0 Å². The highest BCUT2D eigenvalue weighted by Crippen LogP contribution is 2.31. The van der Waals surface area contributed by atoms with E-state index in [0.29, 0.717) is 38.4 Å². The van der Waals surface area contributed by atoms with Gasteiger partial charge in [0.25, 0.3) is 0 Å². The summed E-state index contributed by atoms with van der Waals surface area (Å²) in [5, 5.41) is 11.2. The number of rotatable bonds is 4. The number of alkyl halides is 3. The average molecular weight is 395 g/mol. The summed E-state index contributed by atoms with van der Waals surface area (Å²) in [6, 6.07) is 5.49. The number of hydrogen-bond acceptors (Lipinski definition) is 4. The summed E-state index contributed by atoms with van der Waals surface area (Å²) >= 11 is 0. The van der Waals surface area contributed by atoms with Crippen LogP contribution in [-0.2, 0) is 19.8 Å². The van der Waals surface area contributed by atoms with Gasteiger partial charge in [-0.1, -0.05) is 6.07 Å². The summed E-state index contributed by atoms with van der Waals surface area (Å²) in [5.41, 5.74) is -0.0264. The number of aliphatic imine (C=N–C) groups is 1. The Morgan fingerprint density at radius 1 is 1.21 bits per heavy atom. The van der Waals surface area contributed by atoms with Gasteiger partial charge in [-0.05, 0) is 25.1 Å². The van der Waals surface area contributed by atoms with E-state index < -0.39 is 11.7 Å². The van der Waals surface area contributed by atoms with Gasteiger partial charge in [0.05, 0.1) is 5.56 Å². The molecule has 152 valence electrons. The Kier molecular flexibility index (Phi) is 6.05. The second-order valence-electron chi connectivity index (χ2n) is 6.55. The number of hydrogen-bond donors (Lipinski definition) is 1. The topological polar surface area (TPSA) is 61.6 Å². The predicted molar refractivity (Wildman–Crippen MR) is 101 cm³/mol. The molecule has 0 saturated carbocycles. The zero-order chi connectivity index (χ0) is 20.1. The van der Waals surface area contributed by atoms with Crippen molar-refractivity contribution in [2.75, 3.05) is 37.6 Å². The fraction of sp³-hybridized carbons (Fsp3) is 0.500. The Hall–Kier alpha value is -2.78. The third-order valence-electron chi connectivity index (χ3n) is 4.63. The lowest BCUT2D eigenvalue weighted by atomic mass is 10.1. The van der Waals surface area contributed by atoms with Gasteiger partial charge in [0.2, 0.25) is 0 Å². The Morgan fingerprint density at radius 3 is 2.57 bits per heavy atom. The summed E-state index contributed by atoms with van der Waals surface area (Å²) in [6.45, 7) is 5.71. The Bertz CT molecular complexity index is 808. The fourth-order valence-corrected chi connectivity index (χ4v) is 3.08. The maximum atomic E-state index is 13.0. The molecule has 7 nitrogen and oxygen atoms in total. The largest absolute Gasteiger partial charge is 0.416 e. The minimum Gasteiger partial charge on any atom is -0.368 e. The minimum absolute atomic E-state index is 0.409. The van der Waals surface area contributed by atoms with Crippen LogP contribution >= 0.6 is 0 Å². The van der Waals surface area contributed by atoms with E-state index in [1.165, 1.54) is 12.1 Å². The smallest absolute Gasteiger partial charge is 0.368 e. The quantitative estimate of drug-likeness (QED) is 0.635. The number of nitrogens with zero attached hydrogens (tertiary/aromatic N) is 6.